The smallest absolute Gasteiger partial charge is 0.342 e. The quantitative estimate of drug-likeness (QED) is 0.292. The van der Waals surface area contributed by atoms with Crippen LogP contribution in [0.5, 0.6) is 11.5 Å². The Kier molecular flexibility index (Phi) is 9.30. The summed E-state index contributed by atoms with van der Waals surface area (Å²) < 4.78 is 5.26. The number of carbonyl (C=O) groups is 2. The number of carbonyl (C=O) groups excluding carboxylic acids is 2. The summed E-state index contributed by atoms with van der Waals surface area (Å²) in [5, 5.41) is 23.0. The number of allylic oxidation sites excluding steroid dienone is 3. The predicted molar refractivity (Wildman–Crippen MR) is 128 cm³/mol. The first-order chi connectivity index (χ1) is 16.5. The van der Waals surface area contributed by atoms with E-state index in [9.17, 15) is 19.8 Å². The zero-order valence-electron chi connectivity index (χ0n) is 18.7. The van der Waals surface area contributed by atoms with E-state index >= 15 is 0 Å². The second-order valence-electron chi connectivity index (χ2n) is 7.56. The van der Waals surface area contributed by atoms with Crippen LogP contribution in [-0.2, 0) is 20.9 Å². The predicted octanol–water partition coefficient (Wildman–Crippen LogP) is 3.73. The van der Waals surface area contributed by atoms with Crippen molar-refractivity contribution >= 4 is 18.0 Å². The number of hydrogen-bond acceptors (Lipinski definition) is 7. The van der Waals surface area contributed by atoms with Gasteiger partial charge in [0, 0.05) is 12.6 Å². The number of phenolic OH excluding ortho intramolecular Hbond substituents is 2. The molecule has 8 nitrogen and oxygen atoms in total. The van der Waals surface area contributed by atoms with Crippen molar-refractivity contribution in [1.29, 1.82) is 0 Å². The highest BCUT2D eigenvalue weighted by atomic mass is 16.6. The molecule has 2 aromatic rings. The van der Waals surface area contributed by atoms with Gasteiger partial charge in [-0.25, -0.2) is 4.79 Å². The molecule has 2 aromatic carbocycles. The Hall–Kier alpha value is -4.04. The van der Waals surface area contributed by atoms with E-state index in [2.05, 4.69) is 10.8 Å². The van der Waals surface area contributed by atoms with Gasteiger partial charge in [0.25, 0.3) is 0 Å². The van der Waals surface area contributed by atoms with Crippen LogP contribution in [0.4, 0.5) is 0 Å². The molecule has 0 atom stereocenters. The van der Waals surface area contributed by atoms with E-state index in [-0.39, 0.29) is 36.0 Å². The van der Waals surface area contributed by atoms with E-state index in [0.717, 1.165) is 24.5 Å². The highest BCUT2D eigenvalue weighted by Crippen LogP contribution is 2.29. The van der Waals surface area contributed by atoms with Gasteiger partial charge in [0.05, 0.1) is 12.3 Å². The lowest BCUT2D eigenvalue weighted by atomic mass is 10.0. The van der Waals surface area contributed by atoms with Gasteiger partial charge in [-0.15, -0.1) is 0 Å². The number of fused-ring (bicyclic) bond motifs is 1. The van der Waals surface area contributed by atoms with Crippen molar-refractivity contribution in [3.05, 3.63) is 89.2 Å². The average Bonchev–Trinajstić information content (AvgIpc) is 2.81. The molecule has 1 aliphatic rings. The van der Waals surface area contributed by atoms with E-state index in [1.807, 2.05) is 48.6 Å². The number of esters is 1. The summed E-state index contributed by atoms with van der Waals surface area (Å²) in [6.07, 6.45) is 11.2. The van der Waals surface area contributed by atoms with Crippen molar-refractivity contribution in [3.8, 4) is 11.5 Å². The Morgan fingerprint density at radius 3 is 2.62 bits per heavy atom. The number of rotatable bonds is 6. The third-order valence-corrected chi connectivity index (χ3v) is 4.86. The third-order valence-electron chi connectivity index (χ3n) is 4.86. The Labute approximate surface area is 198 Å². The van der Waals surface area contributed by atoms with Crippen LogP contribution in [0.25, 0.3) is 6.08 Å². The summed E-state index contributed by atoms with van der Waals surface area (Å²) in [5.74, 6) is -1.64. The largest absolute Gasteiger partial charge is 0.508 e. The SMILES string of the molecule is O=C(CON/C1=C\c2cc(O)cc(O)c2C(=O)OCCC=CCCC=C1)NCc1ccccc1. The summed E-state index contributed by atoms with van der Waals surface area (Å²) in [6, 6.07) is 11.9. The minimum atomic E-state index is -0.709. The van der Waals surface area contributed by atoms with E-state index in [4.69, 9.17) is 9.57 Å². The van der Waals surface area contributed by atoms with E-state index in [1.54, 1.807) is 6.08 Å². The second kappa shape index (κ2) is 12.9. The number of phenols is 2. The second-order valence-corrected chi connectivity index (χ2v) is 7.56. The molecule has 0 aromatic heterocycles. The van der Waals surface area contributed by atoms with Crippen molar-refractivity contribution in [2.75, 3.05) is 13.2 Å². The van der Waals surface area contributed by atoms with Crippen LogP contribution in [0.15, 0.2) is 72.5 Å². The van der Waals surface area contributed by atoms with E-state index < -0.39 is 11.7 Å². The summed E-state index contributed by atoms with van der Waals surface area (Å²) >= 11 is 0. The minimum Gasteiger partial charge on any atom is -0.508 e. The lowest BCUT2D eigenvalue weighted by Gasteiger charge is -2.12. The zero-order valence-corrected chi connectivity index (χ0v) is 18.7. The van der Waals surface area contributed by atoms with Crippen LogP contribution in [0.2, 0.25) is 0 Å². The van der Waals surface area contributed by atoms with Gasteiger partial charge >= 0.3 is 5.97 Å². The number of amides is 1. The van der Waals surface area contributed by atoms with Crippen LogP contribution in [0.1, 0.15) is 40.7 Å². The maximum Gasteiger partial charge on any atom is 0.342 e. The normalized spacial score (nSPS) is 15.9. The minimum absolute atomic E-state index is 0.0767. The Morgan fingerprint density at radius 1 is 1.03 bits per heavy atom. The number of nitrogens with one attached hydrogen (secondary N) is 2. The highest BCUT2D eigenvalue weighted by molar-refractivity contribution is 5.97. The molecular formula is C26H28N2O6. The van der Waals surface area contributed by atoms with Gasteiger partial charge in [0.1, 0.15) is 17.1 Å². The zero-order chi connectivity index (χ0) is 24.2. The third kappa shape index (κ3) is 7.83. The van der Waals surface area contributed by atoms with Crippen LogP contribution >= 0.6 is 0 Å². The van der Waals surface area contributed by atoms with Gasteiger partial charge in [-0.2, -0.15) is 0 Å². The molecule has 0 saturated heterocycles. The van der Waals surface area contributed by atoms with Crippen molar-refractivity contribution in [2.24, 2.45) is 0 Å². The van der Waals surface area contributed by atoms with Crippen LogP contribution in [0, 0.1) is 0 Å². The standard InChI is InChI=1S/C26H28N2O6/c29-22-15-20-14-21(28-34-18-24(31)27-17-19-10-6-5-7-11-19)12-8-3-1-2-4-9-13-33-26(32)25(20)23(30)16-22/h2,4-8,10-12,14-16,28-30H,1,3,9,13,17-18H2,(H,27,31)/b4-2?,12-8?,21-14-. The molecule has 1 heterocycles. The molecule has 1 amide bonds. The van der Waals surface area contributed by atoms with Crippen molar-refractivity contribution in [2.45, 2.75) is 25.8 Å². The highest BCUT2D eigenvalue weighted by Gasteiger charge is 2.19. The first kappa shape index (κ1) is 24.6. The fourth-order valence-electron chi connectivity index (χ4n) is 3.21. The van der Waals surface area contributed by atoms with Crippen molar-refractivity contribution < 1.29 is 29.4 Å². The fourth-order valence-corrected chi connectivity index (χ4v) is 3.21. The number of benzene rings is 2. The van der Waals surface area contributed by atoms with Gasteiger partial charge in [-0.3, -0.25) is 15.1 Å². The van der Waals surface area contributed by atoms with Crippen LogP contribution in [0.3, 0.4) is 0 Å². The molecule has 8 heteroatoms. The Balaban J connectivity index is 1.73. The molecule has 4 N–H and O–H groups in total. The molecule has 0 fully saturated rings. The number of hydroxylamine groups is 1. The molecule has 0 spiro atoms. The lowest BCUT2D eigenvalue weighted by molar-refractivity contribution is -0.127. The number of ether oxygens (including phenoxy) is 1. The number of aromatic hydroxyl groups is 2. The molecule has 178 valence electrons. The summed E-state index contributed by atoms with van der Waals surface area (Å²) in [7, 11) is 0. The van der Waals surface area contributed by atoms with Crippen LogP contribution < -0.4 is 10.8 Å². The first-order valence-electron chi connectivity index (χ1n) is 11.0. The van der Waals surface area contributed by atoms with Crippen LogP contribution in [-0.4, -0.2) is 35.3 Å². The Bertz CT molecular complexity index is 1080. The van der Waals surface area contributed by atoms with Gasteiger partial charge in [-0.05, 0) is 48.6 Å². The molecular weight excluding hydrogens is 436 g/mol. The molecule has 0 bridgehead atoms. The summed E-state index contributed by atoms with van der Waals surface area (Å²) in [5.41, 5.74) is 4.25. The maximum absolute atomic E-state index is 12.6. The molecule has 1 aliphatic heterocycles. The monoisotopic (exact) mass is 464 g/mol. The fraction of sp³-hybridized carbons (Fsp3) is 0.231. The molecule has 3 rings (SSSR count). The van der Waals surface area contributed by atoms with Gasteiger partial charge in [0.15, 0.2) is 6.61 Å². The van der Waals surface area contributed by atoms with E-state index in [0.29, 0.717) is 18.7 Å². The van der Waals surface area contributed by atoms with Crippen molar-refractivity contribution in [1.82, 2.24) is 10.8 Å². The number of hydrogen-bond donors (Lipinski definition) is 4. The topological polar surface area (TPSA) is 117 Å². The average molecular weight is 465 g/mol. The van der Waals surface area contributed by atoms with Gasteiger partial charge in [-0.1, -0.05) is 48.6 Å². The molecule has 0 unspecified atom stereocenters. The summed E-state index contributed by atoms with van der Waals surface area (Å²) in [4.78, 5) is 30.0. The van der Waals surface area contributed by atoms with Crippen molar-refractivity contribution in [3.63, 3.8) is 0 Å². The van der Waals surface area contributed by atoms with Gasteiger partial charge in [0.2, 0.25) is 5.91 Å². The Morgan fingerprint density at radius 2 is 1.79 bits per heavy atom. The molecule has 0 saturated carbocycles. The molecule has 0 radical (unpaired) electrons. The van der Waals surface area contributed by atoms with E-state index in [1.165, 1.54) is 12.1 Å². The molecule has 0 aliphatic carbocycles. The maximum atomic E-state index is 12.6. The summed E-state index contributed by atoms with van der Waals surface area (Å²) in [6.45, 7) is 0.301. The molecule has 34 heavy (non-hydrogen) atoms. The number of cyclic esters (lactones) is 1. The first-order valence-corrected chi connectivity index (χ1v) is 11.0. The van der Waals surface area contributed by atoms with Gasteiger partial charge < -0.3 is 20.3 Å². The lowest BCUT2D eigenvalue weighted by Crippen LogP contribution is -2.29.